The third-order valence-electron chi connectivity index (χ3n) is 2.96. The topological polar surface area (TPSA) is 144 Å². The van der Waals surface area contributed by atoms with Crippen LogP contribution in [0.1, 0.15) is 12.0 Å². The minimum Gasteiger partial charge on any atom is -0.481 e. The molecule has 0 heterocycles. The Bertz CT molecular complexity index is 571. The minimum absolute atomic E-state index is 0.287. The zero-order valence-corrected chi connectivity index (χ0v) is 11.1. The first-order valence-electron chi connectivity index (χ1n) is 5.91. The summed E-state index contributed by atoms with van der Waals surface area (Å²) in [5, 5.41) is 39.3. The van der Waals surface area contributed by atoms with Gasteiger partial charge in [0.05, 0.1) is 6.42 Å². The molecule has 0 fully saturated rings. The summed E-state index contributed by atoms with van der Waals surface area (Å²) in [6, 6.07) is 4.40. The van der Waals surface area contributed by atoms with Gasteiger partial charge in [-0.2, -0.15) is 0 Å². The molecule has 8 heteroatoms. The van der Waals surface area contributed by atoms with Gasteiger partial charge < -0.3 is 25.7 Å². The predicted octanol–water partition coefficient (Wildman–Crippen LogP) is 0.151. The lowest BCUT2D eigenvalue weighted by Crippen LogP contribution is -2.58. The summed E-state index contributed by atoms with van der Waals surface area (Å²) < 4.78 is 0. The molecule has 0 aromatic heterocycles. The molecule has 0 amide bonds. The summed E-state index contributed by atoms with van der Waals surface area (Å²) in [5.74, 6) is -5.24. The van der Waals surface area contributed by atoms with E-state index >= 15 is 0 Å². The molecule has 0 bridgehead atoms. The number of carboxylic acids is 3. The van der Waals surface area contributed by atoms with E-state index in [1.165, 1.54) is 6.07 Å². The maximum absolute atomic E-state index is 11.3. The normalized spacial score (nSPS) is 14.8. The van der Waals surface area contributed by atoms with Gasteiger partial charge in [0.25, 0.3) is 0 Å². The molecule has 0 saturated carbocycles. The van der Waals surface area contributed by atoms with Crippen LogP contribution in [0.15, 0.2) is 24.3 Å². The van der Waals surface area contributed by atoms with E-state index in [1.807, 2.05) is 0 Å². The lowest BCUT2D eigenvalue weighted by atomic mass is 9.90. The van der Waals surface area contributed by atoms with E-state index in [0.29, 0.717) is 5.56 Å². The van der Waals surface area contributed by atoms with Gasteiger partial charge in [0.15, 0.2) is 6.04 Å². The number of hydrogen-bond donors (Lipinski definition) is 5. The maximum Gasteiger partial charge on any atom is 0.339 e. The summed E-state index contributed by atoms with van der Waals surface area (Å²) in [5.41, 5.74) is -2.08. The lowest BCUT2D eigenvalue weighted by molar-refractivity contribution is -0.171. The molecule has 0 radical (unpaired) electrons. The highest BCUT2D eigenvalue weighted by atomic mass is 16.4. The average Bonchev–Trinajstić information content (AvgIpc) is 2.36. The van der Waals surface area contributed by atoms with Crippen molar-refractivity contribution in [1.82, 2.24) is 0 Å². The smallest absolute Gasteiger partial charge is 0.339 e. The van der Waals surface area contributed by atoms with Crippen molar-refractivity contribution >= 4 is 23.6 Å². The molecule has 8 nitrogen and oxygen atoms in total. The Hall–Kier alpha value is -2.61. The molecule has 0 spiro atoms. The number of carbonyl (C=O) groups is 3. The molecule has 0 aliphatic rings. The van der Waals surface area contributed by atoms with Crippen LogP contribution in [0.5, 0.6) is 0 Å². The van der Waals surface area contributed by atoms with Gasteiger partial charge in [0.2, 0.25) is 5.60 Å². The van der Waals surface area contributed by atoms with Crippen LogP contribution in [0.4, 0.5) is 5.69 Å². The van der Waals surface area contributed by atoms with E-state index in [-0.39, 0.29) is 5.69 Å². The average molecular weight is 297 g/mol. The number of aliphatic hydroxyl groups is 1. The van der Waals surface area contributed by atoms with Crippen molar-refractivity contribution in [3.8, 4) is 0 Å². The van der Waals surface area contributed by atoms with Gasteiger partial charge in [0, 0.05) is 5.69 Å². The molecular formula is C13H15NO7. The summed E-state index contributed by atoms with van der Waals surface area (Å²) >= 11 is 0. The molecule has 114 valence electrons. The van der Waals surface area contributed by atoms with Crippen LogP contribution < -0.4 is 5.32 Å². The number of benzene rings is 1. The molecule has 2 unspecified atom stereocenters. The number of anilines is 1. The van der Waals surface area contributed by atoms with Crippen molar-refractivity contribution < 1.29 is 34.8 Å². The van der Waals surface area contributed by atoms with Crippen molar-refractivity contribution in [2.24, 2.45) is 0 Å². The van der Waals surface area contributed by atoms with Crippen LogP contribution in [0.25, 0.3) is 0 Å². The molecule has 5 N–H and O–H groups in total. The SMILES string of the molecule is Cc1ccccc1NC(C(=O)O)C(O)(CC(=O)O)C(=O)O. The molecular weight excluding hydrogens is 282 g/mol. The number of aliphatic carboxylic acids is 3. The third-order valence-corrected chi connectivity index (χ3v) is 2.96. The number of aryl methyl sites for hydroxylation is 1. The van der Waals surface area contributed by atoms with Crippen LogP contribution in [0.3, 0.4) is 0 Å². The Labute approximate surface area is 119 Å². The number of rotatable bonds is 7. The van der Waals surface area contributed by atoms with Gasteiger partial charge in [0.1, 0.15) is 0 Å². The number of para-hydroxylation sites is 1. The summed E-state index contributed by atoms with van der Waals surface area (Å²) in [6.45, 7) is 1.65. The Morgan fingerprint density at radius 2 is 1.76 bits per heavy atom. The van der Waals surface area contributed by atoms with Crippen molar-refractivity contribution in [3.05, 3.63) is 29.8 Å². The van der Waals surface area contributed by atoms with E-state index in [1.54, 1.807) is 25.1 Å². The van der Waals surface area contributed by atoms with Gasteiger partial charge in [-0.1, -0.05) is 18.2 Å². The molecule has 21 heavy (non-hydrogen) atoms. The van der Waals surface area contributed by atoms with Crippen molar-refractivity contribution in [3.63, 3.8) is 0 Å². The van der Waals surface area contributed by atoms with Crippen LogP contribution in [-0.2, 0) is 14.4 Å². The largest absolute Gasteiger partial charge is 0.481 e. The first-order valence-corrected chi connectivity index (χ1v) is 5.91. The van der Waals surface area contributed by atoms with E-state index in [9.17, 15) is 19.5 Å². The Morgan fingerprint density at radius 1 is 1.19 bits per heavy atom. The monoisotopic (exact) mass is 297 g/mol. The highest BCUT2D eigenvalue weighted by Crippen LogP contribution is 2.23. The molecule has 2 atom stereocenters. The van der Waals surface area contributed by atoms with Crippen molar-refractivity contribution in [1.29, 1.82) is 0 Å². The quantitative estimate of drug-likeness (QED) is 0.478. The summed E-state index contributed by atoms with van der Waals surface area (Å²) in [4.78, 5) is 33.2. The zero-order chi connectivity index (χ0) is 16.2. The molecule has 0 aliphatic heterocycles. The fourth-order valence-electron chi connectivity index (χ4n) is 1.81. The van der Waals surface area contributed by atoms with E-state index in [4.69, 9.17) is 15.3 Å². The first-order chi connectivity index (χ1) is 9.68. The van der Waals surface area contributed by atoms with E-state index in [2.05, 4.69) is 5.32 Å². The predicted molar refractivity (Wildman–Crippen MR) is 71.1 cm³/mol. The van der Waals surface area contributed by atoms with Gasteiger partial charge in [-0.05, 0) is 18.6 Å². The second-order valence-corrected chi connectivity index (χ2v) is 4.53. The molecule has 1 aromatic rings. The Kier molecular flexibility index (Phi) is 4.88. The zero-order valence-electron chi connectivity index (χ0n) is 11.1. The van der Waals surface area contributed by atoms with Crippen LogP contribution >= 0.6 is 0 Å². The fraction of sp³-hybridized carbons (Fsp3) is 0.308. The summed E-state index contributed by atoms with van der Waals surface area (Å²) in [7, 11) is 0. The highest BCUT2D eigenvalue weighted by Gasteiger charge is 2.50. The van der Waals surface area contributed by atoms with Crippen LogP contribution in [-0.4, -0.2) is 50.0 Å². The number of nitrogens with one attached hydrogen (secondary N) is 1. The first kappa shape index (κ1) is 16.4. The minimum atomic E-state index is -2.99. The van der Waals surface area contributed by atoms with Gasteiger partial charge in [-0.15, -0.1) is 0 Å². The lowest BCUT2D eigenvalue weighted by Gasteiger charge is -2.30. The van der Waals surface area contributed by atoms with E-state index in [0.717, 1.165) is 0 Å². The Morgan fingerprint density at radius 3 is 2.19 bits per heavy atom. The fourth-order valence-corrected chi connectivity index (χ4v) is 1.81. The molecule has 1 rings (SSSR count). The van der Waals surface area contributed by atoms with Crippen molar-refractivity contribution in [2.75, 3.05) is 5.32 Å². The number of carboxylic acid groups (broad SMARTS) is 3. The standard InChI is InChI=1S/C13H15NO7/c1-7-4-2-3-5-8(7)14-10(11(17)18)13(21,12(19)20)6-9(15)16/h2-5,10,14,21H,6H2,1H3,(H,15,16)(H,17,18)(H,19,20). The van der Waals surface area contributed by atoms with Gasteiger partial charge in [-0.25, -0.2) is 9.59 Å². The number of hydrogen-bond acceptors (Lipinski definition) is 5. The summed E-state index contributed by atoms with van der Waals surface area (Å²) in [6.07, 6.45) is -1.25. The highest BCUT2D eigenvalue weighted by molar-refractivity contribution is 5.93. The van der Waals surface area contributed by atoms with Crippen LogP contribution in [0, 0.1) is 6.92 Å². The molecule has 0 aliphatic carbocycles. The Balaban J connectivity index is 3.21. The third kappa shape index (κ3) is 3.69. The van der Waals surface area contributed by atoms with Gasteiger partial charge >= 0.3 is 17.9 Å². The van der Waals surface area contributed by atoms with Gasteiger partial charge in [-0.3, -0.25) is 4.79 Å². The second kappa shape index (κ2) is 6.23. The molecule has 1 aromatic carbocycles. The molecule has 0 saturated heterocycles. The maximum atomic E-state index is 11.3. The van der Waals surface area contributed by atoms with E-state index < -0.39 is 36.0 Å². The van der Waals surface area contributed by atoms with Crippen LogP contribution in [0.2, 0.25) is 0 Å². The second-order valence-electron chi connectivity index (χ2n) is 4.53. The van der Waals surface area contributed by atoms with Crippen molar-refractivity contribution in [2.45, 2.75) is 25.0 Å².